The number of morpholine rings is 1. The molecule has 4 heteroatoms. The van der Waals surface area contributed by atoms with Gasteiger partial charge in [0.1, 0.15) is 11.4 Å². The second kappa shape index (κ2) is 8.87. The molecule has 1 aliphatic heterocycles. The monoisotopic (exact) mass is 391 g/mol. The minimum atomic E-state index is -1.30. The van der Waals surface area contributed by atoms with Crippen LogP contribution in [-0.4, -0.2) is 42.9 Å². The van der Waals surface area contributed by atoms with Gasteiger partial charge in [0.25, 0.3) is 0 Å². The molecule has 1 saturated heterocycles. The molecule has 1 N–H and O–H groups in total. The minimum absolute atomic E-state index is 0.227. The third-order valence-corrected chi connectivity index (χ3v) is 5.75. The second-order valence-electron chi connectivity index (χ2n) is 7.52. The summed E-state index contributed by atoms with van der Waals surface area (Å²) < 4.78 is 19.2. The molecule has 3 aromatic rings. The number of nitrogens with zero attached hydrogens (tertiary/aromatic N) is 1. The van der Waals surface area contributed by atoms with E-state index in [-0.39, 0.29) is 11.7 Å². The first-order valence-electron chi connectivity index (χ1n) is 10.1. The van der Waals surface area contributed by atoms with Crippen molar-refractivity contribution in [3.63, 3.8) is 0 Å². The first kappa shape index (κ1) is 19.8. The molecule has 2 atom stereocenters. The molecule has 1 fully saturated rings. The van der Waals surface area contributed by atoms with Crippen molar-refractivity contribution in [1.29, 1.82) is 0 Å². The van der Waals surface area contributed by atoms with Gasteiger partial charge in [-0.05, 0) is 28.8 Å². The Morgan fingerprint density at radius 2 is 1.38 bits per heavy atom. The highest BCUT2D eigenvalue weighted by molar-refractivity contribution is 5.42. The molecule has 0 unspecified atom stereocenters. The molecule has 0 saturated carbocycles. The van der Waals surface area contributed by atoms with E-state index in [1.54, 1.807) is 12.1 Å². The lowest BCUT2D eigenvalue weighted by Gasteiger charge is -2.41. The minimum Gasteiger partial charge on any atom is -0.380 e. The Balaban J connectivity index is 1.84. The van der Waals surface area contributed by atoms with Crippen LogP contribution in [0.3, 0.4) is 0 Å². The predicted octanol–water partition coefficient (Wildman–Crippen LogP) is 4.18. The van der Waals surface area contributed by atoms with E-state index in [0.717, 1.165) is 24.2 Å². The lowest BCUT2D eigenvalue weighted by Crippen LogP contribution is -2.45. The van der Waals surface area contributed by atoms with E-state index < -0.39 is 5.60 Å². The molecule has 0 aromatic heterocycles. The van der Waals surface area contributed by atoms with Crippen molar-refractivity contribution in [1.82, 2.24) is 4.90 Å². The second-order valence-corrected chi connectivity index (χ2v) is 7.52. The van der Waals surface area contributed by atoms with Gasteiger partial charge in [-0.15, -0.1) is 0 Å². The van der Waals surface area contributed by atoms with Crippen LogP contribution in [-0.2, 0) is 10.3 Å². The number of hydrogen-bond acceptors (Lipinski definition) is 3. The van der Waals surface area contributed by atoms with Gasteiger partial charge in [0.05, 0.1) is 13.2 Å². The van der Waals surface area contributed by atoms with Gasteiger partial charge in [-0.25, -0.2) is 4.39 Å². The van der Waals surface area contributed by atoms with E-state index in [2.05, 4.69) is 17.0 Å². The van der Waals surface area contributed by atoms with Crippen molar-refractivity contribution in [2.75, 3.05) is 32.8 Å². The maximum absolute atomic E-state index is 13.7. The summed E-state index contributed by atoms with van der Waals surface area (Å²) in [6.07, 6.45) is 0. The van der Waals surface area contributed by atoms with E-state index in [4.69, 9.17) is 4.74 Å². The van der Waals surface area contributed by atoms with Crippen LogP contribution in [0.15, 0.2) is 84.9 Å². The predicted molar refractivity (Wildman–Crippen MR) is 112 cm³/mol. The van der Waals surface area contributed by atoms with Crippen molar-refractivity contribution in [2.45, 2.75) is 11.5 Å². The van der Waals surface area contributed by atoms with Gasteiger partial charge in [-0.3, -0.25) is 4.90 Å². The van der Waals surface area contributed by atoms with Gasteiger partial charge in [-0.1, -0.05) is 72.8 Å². The Kier molecular flexibility index (Phi) is 6.05. The molecule has 0 spiro atoms. The molecule has 0 bridgehead atoms. The molecule has 1 heterocycles. The fraction of sp³-hybridized carbons (Fsp3) is 0.280. The van der Waals surface area contributed by atoms with Crippen LogP contribution in [0, 0.1) is 5.82 Å². The first-order chi connectivity index (χ1) is 14.2. The molecule has 0 amide bonds. The van der Waals surface area contributed by atoms with Crippen molar-refractivity contribution in [2.24, 2.45) is 0 Å². The summed E-state index contributed by atoms with van der Waals surface area (Å²) in [5.74, 6) is -0.539. The van der Waals surface area contributed by atoms with E-state index in [0.29, 0.717) is 25.3 Å². The zero-order valence-corrected chi connectivity index (χ0v) is 16.4. The van der Waals surface area contributed by atoms with E-state index in [1.165, 1.54) is 12.1 Å². The number of rotatable bonds is 6. The fourth-order valence-electron chi connectivity index (χ4n) is 4.17. The number of hydrogen-bond donors (Lipinski definition) is 1. The standard InChI is InChI=1S/C25H26FNO2/c26-23-13-11-22(12-14-23)25(28,21-9-5-2-6-10-21)24(20-7-3-1-4-8-20)19-27-15-17-29-18-16-27/h1-14,24,28H,15-19H2/t24-,25+/m1/s1. The van der Waals surface area contributed by atoms with Gasteiger partial charge < -0.3 is 9.84 Å². The van der Waals surface area contributed by atoms with E-state index >= 15 is 0 Å². The number of ether oxygens (including phenoxy) is 1. The van der Waals surface area contributed by atoms with Crippen LogP contribution in [0.25, 0.3) is 0 Å². The Morgan fingerprint density at radius 1 is 0.828 bits per heavy atom. The maximum Gasteiger partial charge on any atom is 0.123 e. The summed E-state index contributed by atoms with van der Waals surface area (Å²) in [7, 11) is 0. The molecule has 0 aliphatic carbocycles. The largest absolute Gasteiger partial charge is 0.380 e. The highest BCUT2D eigenvalue weighted by Crippen LogP contribution is 2.43. The Labute approximate surface area is 171 Å². The van der Waals surface area contributed by atoms with Crippen LogP contribution < -0.4 is 0 Å². The maximum atomic E-state index is 13.7. The molecule has 3 nitrogen and oxygen atoms in total. The Hall–Kier alpha value is -2.53. The van der Waals surface area contributed by atoms with E-state index in [9.17, 15) is 9.50 Å². The van der Waals surface area contributed by atoms with E-state index in [1.807, 2.05) is 48.5 Å². The quantitative estimate of drug-likeness (QED) is 0.684. The fourth-order valence-corrected chi connectivity index (χ4v) is 4.17. The van der Waals surface area contributed by atoms with Crippen LogP contribution in [0.5, 0.6) is 0 Å². The zero-order valence-electron chi connectivity index (χ0n) is 16.4. The van der Waals surface area contributed by atoms with Gasteiger partial charge in [0.15, 0.2) is 0 Å². The molecular weight excluding hydrogens is 365 g/mol. The molecule has 29 heavy (non-hydrogen) atoms. The Bertz CT molecular complexity index is 895. The van der Waals surface area contributed by atoms with Crippen LogP contribution >= 0.6 is 0 Å². The third-order valence-electron chi connectivity index (χ3n) is 5.75. The SMILES string of the molecule is O[C@@](c1ccccc1)(c1ccc(F)cc1)[C@H](CN1CCOCC1)c1ccccc1. The highest BCUT2D eigenvalue weighted by atomic mass is 19.1. The average Bonchev–Trinajstić information content (AvgIpc) is 2.79. The Morgan fingerprint density at radius 3 is 2.00 bits per heavy atom. The van der Waals surface area contributed by atoms with Crippen LogP contribution in [0.1, 0.15) is 22.6 Å². The summed E-state index contributed by atoms with van der Waals surface area (Å²) >= 11 is 0. The normalized spacial score (nSPS) is 18.1. The molecule has 1 aliphatic rings. The van der Waals surface area contributed by atoms with Gasteiger partial charge in [0, 0.05) is 25.6 Å². The third kappa shape index (κ3) is 4.25. The summed E-state index contributed by atoms with van der Waals surface area (Å²) in [6, 6.07) is 26.0. The molecule has 3 aromatic carbocycles. The highest BCUT2D eigenvalue weighted by Gasteiger charge is 2.42. The lowest BCUT2D eigenvalue weighted by atomic mass is 9.72. The van der Waals surface area contributed by atoms with Crippen LogP contribution in [0.4, 0.5) is 4.39 Å². The first-order valence-corrected chi connectivity index (χ1v) is 10.1. The summed E-state index contributed by atoms with van der Waals surface area (Å²) in [5.41, 5.74) is 1.24. The van der Waals surface area contributed by atoms with Crippen molar-refractivity contribution < 1.29 is 14.2 Å². The smallest absolute Gasteiger partial charge is 0.123 e. The van der Waals surface area contributed by atoms with Crippen LogP contribution in [0.2, 0.25) is 0 Å². The molecule has 4 rings (SSSR count). The topological polar surface area (TPSA) is 32.7 Å². The number of benzene rings is 3. The number of aliphatic hydroxyl groups is 1. The van der Waals surface area contributed by atoms with Crippen molar-refractivity contribution in [3.8, 4) is 0 Å². The molecule has 150 valence electrons. The molecule has 0 radical (unpaired) electrons. The van der Waals surface area contributed by atoms with Crippen molar-refractivity contribution in [3.05, 3.63) is 107 Å². The van der Waals surface area contributed by atoms with Gasteiger partial charge in [-0.2, -0.15) is 0 Å². The summed E-state index contributed by atoms with van der Waals surface area (Å²) in [5, 5.41) is 12.3. The summed E-state index contributed by atoms with van der Waals surface area (Å²) in [4.78, 5) is 2.33. The van der Waals surface area contributed by atoms with Gasteiger partial charge in [0.2, 0.25) is 0 Å². The average molecular weight is 391 g/mol. The zero-order chi connectivity index (χ0) is 20.1. The van der Waals surface area contributed by atoms with Crippen molar-refractivity contribution >= 4 is 0 Å². The lowest BCUT2D eigenvalue weighted by molar-refractivity contribution is 0.000744. The number of halogens is 1. The molecular formula is C25H26FNO2. The van der Waals surface area contributed by atoms with Gasteiger partial charge >= 0.3 is 0 Å². The summed E-state index contributed by atoms with van der Waals surface area (Å²) in [6.45, 7) is 3.73.